The van der Waals surface area contributed by atoms with E-state index >= 15 is 0 Å². The molecule has 3 nitrogen and oxygen atoms in total. The summed E-state index contributed by atoms with van der Waals surface area (Å²) in [5, 5.41) is 2.37. The van der Waals surface area contributed by atoms with Crippen LogP contribution < -0.4 is 9.80 Å². The summed E-state index contributed by atoms with van der Waals surface area (Å²) in [6.45, 7) is 0. The third-order valence-electron chi connectivity index (χ3n) is 6.29. The van der Waals surface area contributed by atoms with Crippen LogP contribution in [0.2, 0.25) is 0 Å². The molecule has 0 aliphatic heterocycles. The highest BCUT2D eigenvalue weighted by atomic mass is 15.1. The molecule has 0 saturated carbocycles. The van der Waals surface area contributed by atoms with E-state index in [1.807, 2.05) is 0 Å². The molecule has 5 aromatic rings. The summed E-state index contributed by atoms with van der Waals surface area (Å²) in [7, 11) is 8.26. The van der Waals surface area contributed by atoms with Crippen molar-refractivity contribution in [2.45, 2.75) is 0 Å². The Morgan fingerprint density at radius 1 is 0.441 bits per heavy atom. The minimum Gasteiger partial charge on any atom is -0.378 e. The van der Waals surface area contributed by atoms with Gasteiger partial charge in [0.25, 0.3) is 0 Å². The second-order valence-electron chi connectivity index (χ2n) is 8.98. The number of pyridine rings is 1. The van der Waals surface area contributed by atoms with Crippen LogP contribution in [-0.4, -0.2) is 33.2 Å². The summed E-state index contributed by atoms with van der Waals surface area (Å²) in [5.74, 6) is 0. The van der Waals surface area contributed by atoms with Gasteiger partial charge in [0.1, 0.15) is 0 Å². The Balaban J connectivity index is 1.80. The highest BCUT2D eigenvalue weighted by Gasteiger charge is 2.18. The van der Waals surface area contributed by atoms with Gasteiger partial charge < -0.3 is 9.80 Å². The number of anilines is 2. The maximum Gasteiger partial charge on any atom is 0.0794 e. The molecule has 0 spiro atoms. The zero-order valence-electron chi connectivity index (χ0n) is 20.2. The van der Waals surface area contributed by atoms with Crippen LogP contribution in [0.25, 0.3) is 44.4 Å². The van der Waals surface area contributed by atoms with Crippen molar-refractivity contribution >= 4 is 22.1 Å². The molecule has 1 aromatic heterocycles. The molecule has 0 bridgehead atoms. The average molecular weight is 444 g/mol. The fraction of sp³-hybridized carbons (Fsp3) is 0.129. The zero-order valence-corrected chi connectivity index (χ0v) is 20.2. The number of rotatable bonds is 5. The largest absolute Gasteiger partial charge is 0.378 e. The topological polar surface area (TPSA) is 19.4 Å². The van der Waals surface area contributed by atoms with E-state index in [-0.39, 0.29) is 0 Å². The lowest BCUT2D eigenvalue weighted by Crippen LogP contribution is -2.08. The summed E-state index contributed by atoms with van der Waals surface area (Å²) in [6.07, 6.45) is 0. The Hall–Kier alpha value is -4.11. The molecule has 0 fully saturated rings. The molecular weight excluding hydrogens is 414 g/mol. The maximum absolute atomic E-state index is 5.33. The maximum atomic E-state index is 5.33. The molecule has 0 amide bonds. The smallest absolute Gasteiger partial charge is 0.0794 e. The summed E-state index contributed by atoms with van der Waals surface area (Å²) < 4.78 is 0. The van der Waals surface area contributed by atoms with E-state index in [2.05, 4.69) is 141 Å². The van der Waals surface area contributed by atoms with E-state index < -0.39 is 0 Å². The van der Waals surface area contributed by atoms with Gasteiger partial charge in [-0.1, -0.05) is 78.9 Å². The number of nitrogens with zero attached hydrogens (tertiary/aromatic N) is 3. The van der Waals surface area contributed by atoms with Crippen molar-refractivity contribution in [1.82, 2.24) is 4.98 Å². The van der Waals surface area contributed by atoms with Crippen molar-refractivity contribution in [1.29, 1.82) is 0 Å². The molecule has 168 valence electrons. The molecule has 0 aliphatic carbocycles. The standard InChI is InChI=1S/C31H29N3/c1-33(2)25-18-14-22(15-19-25)29-27-12-8-9-13-28(27)30(24-16-20-26(21-17-24)34(3)4)32-31(29)23-10-6-5-7-11-23/h5-21H,1-4H3. The van der Waals surface area contributed by atoms with Gasteiger partial charge in [0.05, 0.1) is 11.4 Å². The molecule has 3 heteroatoms. The van der Waals surface area contributed by atoms with E-state index in [9.17, 15) is 0 Å². The molecule has 0 atom stereocenters. The van der Waals surface area contributed by atoms with Gasteiger partial charge in [0.15, 0.2) is 0 Å². The fourth-order valence-electron chi connectivity index (χ4n) is 4.42. The first kappa shape index (κ1) is 21.7. The zero-order chi connectivity index (χ0) is 23.7. The Morgan fingerprint density at radius 2 is 0.912 bits per heavy atom. The highest BCUT2D eigenvalue weighted by Crippen LogP contribution is 2.41. The SMILES string of the molecule is CN(C)c1ccc(-c2nc(-c3ccccc3)c(-c3ccc(N(C)C)cc3)c3ccccc23)cc1. The quantitative estimate of drug-likeness (QED) is 0.283. The van der Waals surface area contributed by atoms with Gasteiger partial charge in [0, 0.05) is 61.6 Å². The molecule has 0 aliphatic rings. The first-order valence-corrected chi connectivity index (χ1v) is 11.6. The predicted octanol–water partition coefficient (Wildman–Crippen LogP) is 7.37. The molecule has 34 heavy (non-hydrogen) atoms. The van der Waals surface area contributed by atoms with Crippen molar-refractivity contribution in [3.05, 3.63) is 103 Å². The number of hydrogen-bond acceptors (Lipinski definition) is 3. The molecule has 0 N–H and O–H groups in total. The number of hydrogen-bond donors (Lipinski definition) is 0. The second kappa shape index (κ2) is 9.03. The Labute approximate surface area is 201 Å². The van der Waals surface area contributed by atoms with E-state index in [4.69, 9.17) is 4.98 Å². The van der Waals surface area contributed by atoms with Crippen LogP contribution in [-0.2, 0) is 0 Å². The lowest BCUT2D eigenvalue weighted by atomic mass is 9.91. The minimum atomic E-state index is 1.00. The van der Waals surface area contributed by atoms with Gasteiger partial charge in [-0.15, -0.1) is 0 Å². The molecule has 0 unspecified atom stereocenters. The average Bonchev–Trinajstić information content (AvgIpc) is 2.88. The Bertz CT molecular complexity index is 1420. The molecule has 0 radical (unpaired) electrons. The first-order valence-electron chi connectivity index (χ1n) is 11.6. The van der Waals surface area contributed by atoms with E-state index in [1.54, 1.807) is 0 Å². The summed E-state index contributed by atoms with van der Waals surface area (Å²) in [4.78, 5) is 9.57. The van der Waals surface area contributed by atoms with Crippen LogP contribution in [0.5, 0.6) is 0 Å². The van der Waals surface area contributed by atoms with Crippen LogP contribution >= 0.6 is 0 Å². The van der Waals surface area contributed by atoms with Gasteiger partial charge in [0.2, 0.25) is 0 Å². The third kappa shape index (κ3) is 4.01. The second-order valence-corrected chi connectivity index (χ2v) is 8.98. The predicted molar refractivity (Wildman–Crippen MR) is 147 cm³/mol. The molecule has 4 aromatic carbocycles. The third-order valence-corrected chi connectivity index (χ3v) is 6.29. The van der Waals surface area contributed by atoms with Gasteiger partial charge in [-0.25, -0.2) is 4.98 Å². The van der Waals surface area contributed by atoms with E-state index in [1.165, 1.54) is 27.9 Å². The summed E-state index contributed by atoms with van der Waals surface area (Å²) in [5.41, 5.74) is 8.94. The van der Waals surface area contributed by atoms with Gasteiger partial charge in [-0.05, 0) is 35.2 Å². The number of fused-ring (bicyclic) bond motifs is 1. The fourth-order valence-corrected chi connectivity index (χ4v) is 4.42. The van der Waals surface area contributed by atoms with Crippen LogP contribution in [0.15, 0.2) is 103 Å². The van der Waals surface area contributed by atoms with Crippen LogP contribution in [0.3, 0.4) is 0 Å². The van der Waals surface area contributed by atoms with Gasteiger partial charge in [-0.3, -0.25) is 0 Å². The number of aromatic nitrogens is 1. The van der Waals surface area contributed by atoms with Crippen LogP contribution in [0.4, 0.5) is 11.4 Å². The van der Waals surface area contributed by atoms with E-state index in [0.29, 0.717) is 0 Å². The monoisotopic (exact) mass is 443 g/mol. The first-order chi connectivity index (χ1) is 16.5. The molecule has 0 saturated heterocycles. The lowest BCUT2D eigenvalue weighted by Gasteiger charge is -2.19. The molecule has 1 heterocycles. The molecule has 5 rings (SSSR count). The van der Waals surface area contributed by atoms with Crippen molar-refractivity contribution in [2.75, 3.05) is 38.0 Å². The van der Waals surface area contributed by atoms with E-state index in [0.717, 1.165) is 27.9 Å². The summed E-state index contributed by atoms with van der Waals surface area (Å²) in [6, 6.07) is 36.5. The summed E-state index contributed by atoms with van der Waals surface area (Å²) >= 11 is 0. The van der Waals surface area contributed by atoms with Crippen molar-refractivity contribution in [3.63, 3.8) is 0 Å². The normalized spacial score (nSPS) is 10.9. The molecular formula is C31H29N3. The van der Waals surface area contributed by atoms with Crippen LogP contribution in [0.1, 0.15) is 0 Å². The Kier molecular flexibility index (Phi) is 5.77. The lowest BCUT2D eigenvalue weighted by molar-refractivity contribution is 1.13. The van der Waals surface area contributed by atoms with Crippen molar-refractivity contribution in [3.8, 4) is 33.6 Å². The number of benzene rings is 4. The van der Waals surface area contributed by atoms with Crippen molar-refractivity contribution < 1.29 is 0 Å². The highest BCUT2D eigenvalue weighted by molar-refractivity contribution is 6.08. The van der Waals surface area contributed by atoms with Crippen molar-refractivity contribution in [2.24, 2.45) is 0 Å². The Morgan fingerprint density at radius 3 is 1.47 bits per heavy atom. The van der Waals surface area contributed by atoms with Crippen LogP contribution in [0, 0.1) is 0 Å². The van der Waals surface area contributed by atoms with Gasteiger partial charge >= 0.3 is 0 Å². The van der Waals surface area contributed by atoms with Gasteiger partial charge in [-0.2, -0.15) is 0 Å². The minimum absolute atomic E-state index is 1.00.